The number of hydrogen-bond acceptors (Lipinski definition) is 5. The van der Waals surface area contributed by atoms with Crippen molar-refractivity contribution in [3.63, 3.8) is 0 Å². The number of halogens is 1. The molecule has 0 unspecified atom stereocenters. The Bertz CT molecular complexity index is 859. The second-order valence-electron chi connectivity index (χ2n) is 5.76. The van der Waals surface area contributed by atoms with Gasteiger partial charge in [-0.25, -0.2) is 8.42 Å². The van der Waals surface area contributed by atoms with E-state index in [9.17, 15) is 13.2 Å². The number of hydrogen-bond donors (Lipinski definition) is 1. The molecule has 1 amide bonds. The van der Waals surface area contributed by atoms with Gasteiger partial charge in [-0.15, -0.1) is 11.3 Å². The Morgan fingerprint density at radius 2 is 1.88 bits per heavy atom. The predicted molar refractivity (Wildman–Crippen MR) is 101 cm³/mol. The maximum absolute atomic E-state index is 12.8. The Morgan fingerprint density at radius 1 is 1.19 bits per heavy atom. The number of ether oxygens (including phenoxy) is 1. The van der Waals surface area contributed by atoms with Crippen LogP contribution in [0.5, 0.6) is 0 Å². The number of nitrogens with zero attached hydrogens (tertiary/aromatic N) is 1. The molecule has 1 aliphatic rings. The van der Waals surface area contributed by atoms with Gasteiger partial charge in [0.1, 0.15) is 9.77 Å². The zero-order chi connectivity index (χ0) is 18.6. The van der Waals surface area contributed by atoms with Crippen LogP contribution in [0.2, 0.25) is 5.02 Å². The van der Waals surface area contributed by atoms with Gasteiger partial charge in [-0.1, -0.05) is 23.7 Å². The number of rotatable bonds is 6. The Hall–Kier alpha value is -1.45. The van der Waals surface area contributed by atoms with Crippen molar-refractivity contribution in [2.75, 3.05) is 32.8 Å². The molecule has 0 atom stereocenters. The second-order valence-corrected chi connectivity index (χ2v) is 9.02. The van der Waals surface area contributed by atoms with Gasteiger partial charge in [0, 0.05) is 24.7 Å². The quantitative estimate of drug-likeness (QED) is 0.787. The van der Waals surface area contributed by atoms with Gasteiger partial charge in [-0.3, -0.25) is 4.79 Å². The summed E-state index contributed by atoms with van der Waals surface area (Å²) in [4.78, 5) is 12.7. The van der Waals surface area contributed by atoms with Gasteiger partial charge in [0.05, 0.1) is 13.2 Å². The normalized spacial score (nSPS) is 15.7. The molecule has 0 aliphatic carbocycles. The van der Waals surface area contributed by atoms with E-state index in [-0.39, 0.29) is 15.7 Å². The maximum Gasteiger partial charge on any atom is 0.262 e. The minimum atomic E-state index is -3.69. The van der Waals surface area contributed by atoms with Crippen molar-refractivity contribution in [1.29, 1.82) is 0 Å². The first-order valence-electron chi connectivity index (χ1n) is 8.16. The molecule has 0 radical (unpaired) electrons. The molecule has 1 aromatic heterocycles. The van der Waals surface area contributed by atoms with E-state index >= 15 is 0 Å². The van der Waals surface area contributed by atoms with Crippen molar-refractivity contribution in [1.82, 2.24) is 9.62 Å². The smallest absolute Gasteiger partial charge is 0.262 e. The first kappa shape index (κ1) is 19.3. The van der Waals surface area contributed by atoms with Crippen molar-refractivity contribution in [2.45, 2.75) is 11.3 Å². The summed E-state index contributed by atoms with van der Waals surface area (Å²) in [7, 11) is -3.69. The highest BCUT2D eigenvalue weighted by molar-refractivity contribution is 7.89. The van der Waals surface area contributed by atoms with Crippen molar-refractivity contribution in [3.8, 4) is 0 Å². The van der Waals surface area contributed by atoms with Gasteiger partial charge in [0.2, 0.25) is 10.0 Å². The van der Waals surface area contributed by atoms with Crippen LogP contribution < -0.4 is 5.32 Å². The van der Waals surface area contributed by atoms with Crippen LogP contribution in [0.25, 0.3) is 0 Å². The van der Waals surface area contributed by atoms with Gasteiger partial charge < -0.3 is 10.1 Å². The largest absolute Gasteiger partial charge is 0.379 e. The number of sulfonamides is 1. The highest BCUT2D eigenvalue weighted by atomic mass is 35.5. The molecule has 2 aromatic rings. The fourth-order valence-electron chi connectivity index (χ4n) is 2.64. The summed E-state index contributed by atoms with van der Waals surface area (Å²) in [5.41, 5.74) is 1.04. The van der Waals surface area contributed by atoms with Gasteiger partial charge in [-0.2, -0.15) is 4.31 Å². The average molecular weight is 415 g/mol. The van der Waals surface area contributed by atoms with Crippen molar-refractivity contribution in [2.24, 2.45) is 0 Å². The van der Waals surface area contributed by atoms with E-state index in [0.29, 0.717) is 44.3 Å². The summed E-state index contributed by atoms with van der Waals surface area (Å²) in [6.07, 6.45) is 0.639. The molecule has 1 N–H and O–H groups in total. The molecule has 6 nitrogen and oxygen atoms in total. The molecule has 9 heteroatoms. The van der Waals surface area contributed by atoms with Crippen LogP contribution in [-0.4, -0.2) is 51.5 Å². The predicted octanol–water partition coefficient (Wildman–Crippen LogP) is 2.39. The highest BCUT2D eigenvalue weighted by Gasteiger charge is 2.31. The molecule has 0 saturated carbocycles. The zero-order valence-electron chi connectivity index (χ0n) is 14.0. The second kappa shape index (κ2) is 8.49. The summed E-state index contributed by atoms with van der Waals surface area (Å²) >= 11 is 6.98. The van der Waals surface area contributed by atoms with E-state index in [1.54, 1.807) is 17.5 Å². The summed E-state index contributed by atoms with van der Waals surface area (Å²) in [6.45, 7) is 1.75. The molecule has 140 valence electrons. The lowest BCUT2D eigenvalue weighted by Crippen LogP contribution is -2.41. The SMILES string of the molecule is O=C(NCCc1ccc(Cl)cc1)c1sccc1S(=O)(=O)N1CCOCC1. The Balaban J connectivity index is 1.65. The molecule has 3 rings (SSSR count). The lowest BCUT2D eigenvalue weighted by molar-refractivity contribution is 0.0730. The zero-order valence-corrected chi connectivity index (χ0v) is 16.4. The molecular weight excluding hydrogens is 396 g/mol. The van der Waals surface area contributed by atoms with E-state index < -0.39 is 10.0 Å². The van der Waals surface area contributed by atoms with Crippen LogP contribution in [0.1, 0.15) is 15.2 Å². The first-order chi connectivity index (χ1) is 12.5. The number of carbonyl (C=O) groups excluding carboxylic acids is 1. The topological polar surface area (TPSA) is 75.7 Å². The van der Waals surface area contributed by atoms with E-state index in [2.05, 4.69) is 5.32 Å². The molecule has 1 fully saturated rings. The lowest BCUT2D eigenvalue weighted by atomic mass is 10.1. The third kappa shape index (κ3) is 4.44. The molecule has 0 bridgehead atoms. The van der Waals surface area contributed by atoms with Crippen LogP contribution in [0.15, 0.2) is 40.6 Å². The Kier molecular flexibility index (Phi) is 6.31. The van der Waals surface area contributed by atoms with Crippen LogP contribution >= 0.6 is 22.9 Å². The summed E-state index contributed by atoms with van der Waals surface area (Å²) in [5, 5.41) is 5.08. The van der Waals surface area contributed by atoms with Crippen LogP contribution in [0, 0.1) is 0 Å². The number of thiophene rings is 1. The minimum absolute atomic E-state index is 0.0633. The number of benzene rings is 1. The fraction of sp³-hybridized carbons (Fsp3) is 0.353. The monoisotopic (exact) mass is 414 g/mol. The number of carbonyl (C=O) groups is 1. The van der Waals surface area contributed by atoms with Crippen LogP contribution in [-0.2, 0) is 21.2 Å². The van der Waals surface area contributed by atoms with Gasteiger partial charge >= 0.3 is 0 Å². The van der Waals surface area contributed by atoms with Gasteiger partial charge in [0.15, 0.2) is 0 Å². The fourth-order valence-corrected chi connectivity index (χ4v) is 5.49. The molecular formula is C17H19ClN2O4S2. The number of nitrogens with one attached hydrogen (secondary N) is 1. The third-order valence-electron chi connectivity index (χ3n) is 4.04. The van der Waals surface area contributed by atoms with E-state index in [1.165, 1.54) is 10.4 Å². The molecule has 0 spiro atoms. The third-order valence-corrected chi connectivity index (χ3v) is 7.27. The standard InChI is InChI=1S/C17H19ClN2O4S2/c18-14-3-1-13(2-4-14)5-7-19-17(21)16-15(6-12-25-16)26(22,23)20-8-10-24-11-9-20/h1-4,6,12H,5,7-11H2,(H,19,21). The van der Waals surface area contributed by atoms with Gasteiger partial charge in [0.25, 0.3) is 5.91 Å². The molecule has 1 saturated heterocycles. The summed E-state index contributed by atoms with van der Waals surface area (Å²) in [5.74, 6) is -0.374. The van der Waals surface area contributed by atoms with Crippen molar-refractivity contribution in [3.05, 3.63) is 51.2 Å². The minimum Gasteiger partial charge on any atom is -0.379 e. The molecule has 1 aliphatic heterocycles. The van der Waals surface area contributed by atoms with E-state index in [4.69, 9.17) is 16.3 Å². The lowest BCUT2D eigenvalue weighted by Gasteiger charge is -2.26. The molecule has 26 heavy (non-hydrogen) atoms. The number of morpholine rings is 1. The van der Waals surface area contributed by atoms with Crippen molar-refractivity contribution < 1.29 is 17.9 Å². The molecule has 2 heterocycles. The van der Waals surface area contributed by atoms with E-state index in [0.717, 1.165) is 16.9 Å². The Morgan fingerprint density at radius 3 is 2.58 bits per heavy atom. The highest BCUT2D eigenvalue weighted by Crippen LogP contribution is 2.25. The Labute approximate surface area is 161 Å². The summed E-state index contributed by atoms with van der Waals surface area (Å²) < 4.78 is 32.1. The maximum atomic E-state index is 12.8. The summed E-state index contributed by atoms with van der Waals surface area (Å²) in [6, 6.07) is 8.88. The first-order valence-corrected chi connectivity index (χ1v) is 10.9. The van der Waals surface area contributed by atoms with Crippen molar-refractivity contribution >= 4 is 38.9 Å². The van der Waals surface area contributed by atoms with Crippen LogP contribution in [0.3, 0.4) is 0 Å². The number of amides is 1. The van der Waals surface area contributed by atoms with E-state index in [1.807, 2.05) is 12.1 Å². The van der Waals surface area contributed by atoms with Gasteiger partial charge in [-0.05, 0) is 35.6 Å². The average Bonchev–Trinajstić information content (AvgIpc) is 3.15. The van der Waals surface area contributed by atoms with Crippen LogP contribution in [0.4, 0.5) is 0 Å². The molecule has 1 aromatic carbocycles.